The normalized spacial score (nSPS) is 12.6. The topological polar surface area (TPSA) is 37.8 Å². The summed E-state index contributed by atoms with van der Waals surface area (Å²) in [7, 11) is 2.00. The van der Waals surface area contributed by atoms with Gasteiger partial charge >= 0.3 is 0 Å². The molecule has 0 aliphatic heterocycles. The molecule has 90 valence electrons. The number of aryl methyl sites for hydroxylation is 1. The van der Waals surface area contributed by atoms with E-state index >= 15 is 0 Å². The van der Waals surface area contributed by atoms with Gasteiger partial charge in [-0.3, -0.25) is 4.98 Å². The summed E-state index contributed by atoms with van der Waals surface area (Å²) in [4.78, 5) is 8.54. The zero-order chi connectivity index (χ0) is 12.1. The van der Waals surface area contributed by atoms with Gasteiger partial charge in [0.05, 0.1) is 5.01 Å². The maximum atomic E-state index is 4.35. The van der Waals surface area contributed by atoms with Gasteiger partial charge in [-0.2, -0.15) is 0 Å². The lowest BCUT2D eigenvalue weighted by molar-refractivity contribution is 0.584. The van der Waals surface area contributed by atoms with E-state index in [0.717, 1.165) is 12.8 Å². The van der Waals surface area contributed by atoms with Crippen LogP contribution < -0.4 is 5.32 Å². The Morgan fingerprint density at radius 3 is 2.94 bits per heavy atom. The summed E-state index contributed by atoms with van der Waals surface area (Å²) < 4.78 is 0. The fourth-order valence-corrected chi connectivity index (χ4v) is 2.63. The summed E-state index contributed by atoms with van der Waals surface area (Å²) in [5, 5.41) is 6.56. The van der Waals surface area contributed by atoms with Crippen molar-refractivity contribution in [3.8, 4) is 0 Å². The SMILES string of the molecule is CCc1cnccc1C(Cc1nccs1)NC. The molecule has 0 radical (unpaired) electrons. The lowest BCUT2D eigenvalue weighted by atomic mass is 9.99. The van der Waals surface area contributed by atoms with Crippen LogP contribution in [0.1, 0.15) is 29.1 Å². The highest BCUT2D eigenvalue weighted by atomic mass is 32.1. The fourth-order valence-electron chi connectivity index (χ4n) is 1.97. The van der Waals surface area contributed by atoms with Crippen LogP contribution in [0.3, 0.4) is 0 Å². The first-order valence-corrected chi connectivity index (χ1v) is 6.71. The smallest absolute Gasteiger partial charge is 0.0943 e. The molecule has 1 atom stereocenters. The van der Waals surface area contributed by atoms with Gasteiger partial charge in [-0.25, -0.2) is 4.98 Å². The van der Waals surface area contributed by atoms with Gasteiger partial charge in [-0.1, -0.05) is 6.92 Å². The van der Waals surface area contributed by atoms with Crippen molar-refractivity contribution in [1.29, 1.82) is 0 Å². The van der Waals surface area contributed by atoms with Crippen molar-refractivity contribution >= 4 is 11.3 Å². The number of thiazole rings is 1. The van der Waals surface area contributed by atoms with Crippen LogP contribution in [0, 0.1) is 0 Å². The lowest BCUT2D eigenvalue weighted by Gasteiger charge is -2.18. The molecular formula is C13H17N3S. The van der Waals surface area contributed by atoms with Crippen molar-refractivity contribution in [1.82, 2.24) is 15.3 Å². The molecule has 4 heteroatoms. The standard InChI is InChI=1S/C13H17N3S/c1-3-10-9-15-5-4-11(10)12(14-2)8-13-16-6-7-17-13/h4-7,9,12,14H,3,8H2,1-2H3. The summed E-state index contributed by atoms with van der Waals surface area (Å²) in [6.07, 6.45) is 7.63. The molecule has 1 unspecified atom stereocenters. The Morgan fingerprint density at radius 1 is 1.41 bits per heavy atom. The molecule has 0 saturated carbocycles. The Labute approximate surface area is 106 Å². The molecule has 2 rings (SSSR count). The van der Waals surface area contributed by atoms with Crippen molar-refractivity contribution < 1.29 is 0 Å². The van der Waals surface area contributed by atoms with Gasteiger partial charge in [0.15, 0.2) is 0 Å². The van der Waals surface area contributed by atoms with E-state index in [1.807, 2.05) is 31.0 Å². The second-order valence-electron chi connectivity index (χ2n) is 3.90. The maximum absolute atomic E-state index is 4.35. The van der Waals surface area contributed by atoms with Gasteiger partial charge in [0, 0.05) is 36.4 Å². The van der Waals surface area contributed by atoms with Crippen molar-refractivity contribution in [2.45, 2.75) is 25.8 Å². The summed E-state index contributed by atoms with van der Waals surface area (Å²) in [5.41, 5.74) is 2.64. The van der Waals surface area contributed by atoms with Gasteiger partial charge in [0.1, 0.15) is 0 Å². The minimum atomic E-state index is 0.319. The van der Waals surface area contributed by atoms with Crippen LogP contribution >= 0.6 is 11.3 Å². The maximum Gasteiger partial charge on any atom is 0.0943 e. The first-order valence-electron chi connectivity index (χ1n) is 5.83. The molecule has 17 heavy (non-hydrogen) atoms. The third kappa shape index (κ3) is 2.90. The van der Waals surface area contributed by atoms with Gasteiger partial charge in [-0.05, 0) is 30.7 Å². The van der Waals surface area contributed by atoms with Crippen molar-refractivity contribution in [3.63, 3.8) is 0 Å². The van der Waals surface area contributed by atoms with E-state index in [-0.39, 0.29) is 0 Å². The molecule has 2 aromatic rings. The third-order valence-electron chi connectivity index (χ3n) is 2.91. The predicted octanol–water partition coefficient (Wildman–Crippen LogP) is 2.60. The summed E-state index contributed by atoms with van der Waals surface area (Å²) >= 11 is 1.71. The Hall–Kier alpha value is -1.26. The fraction of sp³-hybridized carbons (Fsp3) is 0.385. The van der Waals surface area contributed by atoms with Crippen LogP contribution in [0.25, 0.3) is 0 Å². The number of hydrogen-bond donors (Lipinski definition) is 1. The minimum Gasteiger partial charge on any atom is -0.313 e. The molecule has 2 aromatic heterocycles. The van der Waals surface area contributed by atoms with Gasteiger partial charge < -0.3 is 5.32 Å². The summed E-state index contributed by atoms with van der Waals surface area (Å²) in [5.74, 6) is 0. The predicted molar refractivity (Wildman–Crippen MR) is 71.2 cm³/mol. The van der Waals surface area contributed by atoms with E-state index < -0.39 is 0 Å². The molecule has 3 nitrogen and oxygen atoms in total. The number of likely N-dealkylation sites (N-methyl/N-ethyl adjacent to an activating group) is 1. The van der Waals surface area contributed by atoms with Crippen LogP contribution in [-0.4, -0.2) is 17.0 Å². The number of nitrogens with one attached hydrogen (secondary N) is 1. The highest BCUT2D eigenvalue weighted by molar-refractivity contribution is 7.09. The molecule has 0 aromatic carbocycles. The van der Waals surface area contributed by atoms with Gasteiger partial charge in [0.2, 0.25) is 0 Å². The van der Waals surface area contributed by atoms with Crippen molar-refractivity contribution in [3.05, 3.63) is 46.2 Å². The highest BCUT2D eigenvalue weighted by Crippen LogP contribution is 2.22. The van der Waals surface area contributed by atoms with Crippen molar-refractivity contribution in [2.24, 2.45) is 0 Å². The van der Waals surface area contributed by atoms with Crippen LogP contribution in [-0.2, 0) is 12.8 Å². The van der Waals surface area contributed by atoms with Crippen molar-refractivity contribution in [2.75, 3.05) is 7.05 Å². The zero-order valence-electron chi connectivity index (χ0n) is 10.2. The van der Waals surface area contributed by atoms with E-state index in [1.165, 1.54) is 16.1 Å². The molecular weight excluding hydrogens is 230 g/mol. The Balaban J connectivity index is 2.22. The number of nitrogens with zero attached hydrogens (tertiary/aromatic N) is 2. The molecule has 2 heterocycles. The molecule has 0 saturated heterocycles. The molecule has 0 bridgehead atoms. The second kappa shape index (κ2) is 5.89. The average Bonchev–Trinajstić information content (AvgIpc) is 2.89. The van der Waals surface area contributed by atoms with Crippen LogP contribution in [0.2, 0.25) is 0 Å². The average molecular weight is 247 g/mol. The van der Waals surface area contributed by atoms with Gasteiger partial charge in [0.25, 0.3) is 0 Å². The highest BCUT2D eigenvalue weighted by Gasteiger charge is 2.14. The first-order chi connectivity index (χ1) is 8.35. The second-order valence-corrected chi connectivity index (χ2v) is 4.88. The molecule has 0 spiro atoms. The van der Waals surface area contributed by atoms with Gasteiger partial charge in [-0.15, -0.1) is 11.3 Å². The molecule has 1 N–H and O–H groups in total. The summed E-state index contributed by atoms with van der Waals surface area (Å²) in [6.45, 7) is 2.16. The number of pyridine rings is 1. The van der Waals surface area contributed by atoms with E-state index in [2.05, 4.69) is 28.3 Å². The molecule has 0 fully saturated rings. The quantitative estimate of drug-likeness (QED) is 0.882. The Morgan fingerprint density at radius 2 is 2.29 bits per heavy atom. The Kier molecular flexibility index (Phi) is 4.23. The van der Waals surface area contributed by atoms with E-state index in [1.54, 1.807) is 11.3 Å². The lowest BCUT2D eigenvalue weighted by Crippen LogP contribution is -2.20. The molecule has 0 aliphatic rings. The summed E-state index contributed by atoms with van der Waals surface area (Å²) in [6, 6.07) is 2.42. The number of aromatic nitrogens is 2. The third-order valence-corrected chi connectivity index (χ3v) is 3.71. The van der Waals surface area contributed by atoms with Crippen LogP contribution in [0.15, 0.2) is 30.0 Å². The monoisotopic (exact) mass is 247 g/mol. The van der Waals surface area contributed by atoms with E-state index in [0.29, 0.717) is 6.04 Å². The van der Waals surface area contributed by atoms with Crippen LogP contribution in [0.4, 0.5) is 0 Å². The first kappa shape index (κ1) is 12.2. The zero-order valence-corrected chi connectivity index (χ0v) is 11.0. The van der Waals surface area contributed by atoms with E-state index in [4.69, 9.17) is 0 Å². The van der Waals surface area contributed by atoms with Crippen LogP contribution in [0.5, 0.6) is 0 Å². The molecule has 0 amide bonds. The minimum absolute atomic E-state index is 0.319. The Bertz CT molecular complexity index is 453. The number of rotatable bonds is 5. The van der Waals surface area contributed by atoms with E-state index in [9.17, 15) is 0 Å². The largest absolute Gasteiger partial charge is 0.313 e. The molecule has 0 aliphatic carbocycles. The number of hydrogen-bond acceptors (Lipinski definition) is 4.